The molecule has 1 aromatic carbocycles. The van der Waals surface area contributed by atoms with Gasteiger partial charge in [-0.1, -0.05) is 69.9 Å². The van der Waals surface area contributed by atoms with Crippen molar-refractivity contribution in [3.63, 3.8) is 0 Å². The quantitative estimate of drug-likeness (QED) is 0.303. The average Bonchev–Trinajstić information content (AvgIpc) is 2.86. The minimum atomic E-state index is -2.52. The molecule has 0 aromatic heterocycles. The monoisotopic (exact) mass is 544 g/mol. The summed E-state index contributed by atoms with van der Waals surface area (Å²) in [6.07, 6.45) is 6.14. The number of aromatic hydroxyl groups is 1. The molecular formula is C34H40O6. The normalized spacial score (nSPS) is 34.1. The molecule has 5 atom stereocenters. The highest BCUT2D eigenvalue weighted by Gasteiger charge is 2.73. The third-order valence-electron chi connectivity index (χ3n) is 10.3. The van der Waals surface area contributed by atoms with Gasteiger partial charge in [0.2, 0.25) is 0 Å². The molecule has 0 heterocycles. The van der Waals surface area contributed by atoms with Crippen molar-refractivity contribution >= 4 is 23.1 Å². The summed E-state index contributed by atoms with van der Waals surface area (Å²) in [5.41, 5.74) is -2.06. The number of phenolic OH excluding ortho intramolecular Hbond substituents is 1. The summed E-state index contributed by atoms with van der Waals surface area (Å²) in [7, 11) is 0. The van der Waals surface area contributed by atoms with Crippen LogP contribution in [-0.2, 0) is 20.8 Å². The van der Waals surface area contributed by atoms with E-state index in [4.69, 9.17) is 0 Å². The van der Waals surface area contributed by atoms with Crippen molar-refractivity contribution in [3.05, 3.63) is 40.0 Å². The Morgan fingerprint density at radius 2 is 1.70 bits per heavy atom. The molecule has 0 amide bonds. The first kappa shape index (κ1) is 28.5. The van der Waals surface area contributed by atoms with E-state index in [1.54, 1.807) is 19.9 Å². The van der Waals surface area contributed by atoms with Crippen molar-refractivity contribution < 1.29 is 29.4 Å². The molecule has 6 nitrogen and oxygen atoms in total. The van der Waals surface area contributed by atoms with Gasteiger partial charge in [-0.2, -0.15) is 0 Å². The lowest BCUT2D eigenvalue weighted by molar-refractivity contribution is -0.183. The Morgan fingerprint density at radius 1 is 1.05 bits per heavy atom. The summed E-state index contributed by atoms with van der Waals surface area (Å²) in [4.78, 5) is 55.1. The number of fused-ring (bicyclic) bond motifs is 3. The van der Waals surface area contributed by atoms with E-state index < -0.39 is 51.4 Å². The van der Waals surface area contributed by atoms with Crippen LogP contribution in [0.2, 0.25) is 0 Å². The zero-order chi connectivity index (χ0) is 29.4. The van der Waals surface area contributed by atoms with E-state index in [1.807, 2.05) is 20.8 Å². The second-order valence-corrected chi connectivity index (χ2v) is 13.5. The molecule has 2 N–H and O–H groups in total. The number of carbonyl (C=O) groups is 4. The molecule has 0 radical (unpaired) electrons. The van der Waals surface area contributed by atoms with Gasteiger partial charge in [-0.15, -0.1) is 0 Å². The Labute approximate surface area is 236 Å². The van der Waals surface area contributed by atoms with Crippen LogP contribution in [0.25, 0.3) is 0 Å². The van der Waals surface area contributed by atoms with Gasteiger partial charge in [0.05, 0.1) is 11.5 Å². The van der Waals surface area contributed by atoms with Gasteiger partial charge in [0.1, 0.15) is 17.5 Å². The second-order valence-electron chi connectivity index (χ2n) is 13.5. The van der Waals surface area contributed by atoms with Crippen molar-refractivity contribution in [1.29, 1.82) is 0 Å². The molecule has 2 saturated carbocycles. The van der Waals surface area contributed by atoms with Crippen LogP contribution in [0.15, 0.2) is 23.3 Å². The number of hydrogen-bond donors (Lipinski definition) is 2. The Kier molecular flexibility index (Phi) is 6.78. The van der Waals surface area contributed by atoms with E-state index in [0.29, 0.717) is 29.0 Å². The van der Waals surface area contributed by atoms with Crippen LogP contribution < -0.4 is 0 Å². The van der Waals surface area contributed by atoms with Crippen LogP contribution in [0.3, 0.4) is 0 Å². The van der Waals surface area contributed by atoms with Crippen LogP contribution in [0, 0.1) is 46.3 Å². The Hall–Kier alpha value is -3.04. The highest BCUT2D eigenvalue weighted by atomic mass is 16.3. The van der Waals surface area contributed by atoms with Gasteiger partial charge in [-0.05, 0) is 68.6 Å². The summed E-state index contributed by atoms with van der Waals surface area (Å²) in [6.45, 7) is 10.5. The largest absolute Gasteiger partial charge is 0.507 e. The Balaban J connectivity index is 1.69. The third kappa shape index (κ3) is 3.80. The van der Waals surface area contributed by atoms with Crippen LogP contribution >= 0.6 is 0 Å². The maximum atomic E-state index is 14.4. The van der Waals surface area contributed by atoms with Gasteiger partial charge in [-0.25, -0.2) is 0 Å². The van der Waals surface area contributed by atoms with E-state index >= 15 is 0 Å². The average molecular weight is 545 g/mol. The molecule has 5 rings (SSSR count). The number of hydrogen-bond acceptors (Lipinski definition) is 6. The number of benzene rings is 1. The van der Waals surface area contributed by atoms with Gasteiger partial charge in [-0.3, -0.25) is 19.2 Å². The highest BCUT2D eigenvalue weighted by molar-refractivity contribution is 6.27. The minimum absolute atomic E-state index is 0.0562. The topological polar surface area (TPSA) is 109 Å². The number of ketones is 4. The zero-order valence-electron chi connectivity index (χ0n) is 24.4. The van der Waals surface area contributed by atoms with Crippen LogP contribution in [0.1, 0.15) is 102 Å². The summed E-state index contributed by atoms with van der Waals surface area (Å²) in [5.74, 6) is 1.33. The molecule has 1 aromatic rings. The SMILES string of the molecule is CC(=O)C1C(=O)[C@@]2(O)C(=O)C3C(=O)c4c(O)ccc(C#CC5CCCCC5)c4C[C@@]3(C)C[C@@]2(C)C(C(C)C)=C1C. The lowest BCUT2D eigenvalue weighted by Crippen LogP contribution is -2.73. The first-order chi connectivity index (χ1) is 18.7. The highest BCUT2D eigenvalue weighted by Crippen LogP contribution is 2.64. The second kappa shape index (κ2) is 9.52. The number of Topliss-reactive ketones (excluding diaryl/α,β-unsaturated/α-hetero) is 4. The number of aliphatic hydroxyl groups is 1. The molecule has 2 fully saturated rings. The molecule has 6 heteroatoms. The number of phenols is 1. The van der Waals surface area contributed by atoms with Gasteiger partial charge in [0.25, 0.3) is 0 Å². The van der Waals surface area contributed by atoms with E-state index in [9.17, 15) is 29.4 Å². The van der Waals surface area contributed by atoms with Crippen molar-refractivity contribution in [1.82, 2.24) is 0 Å². The molecule has 0 bridgehead atoms. The number of rotatable bonds is 2. The smallest absolute Gasteiger partial charge is 0.192 e. The fourth-order valence-electron chi connectivity index (χ4n) is 8.88. The van der Waals surface area contributed by atoms with E-state index in [0.717, 1.165) is 31.3 Å². The first-order valence-corrected chi connectivity index (χ1v) is 14.6. The summed E-state index contributed by atoms with van der Waals surface area (Å²) >= 11 is 0. The first-order valence-electron chi connectivity index (χ1n) is 14.6. The molecule has 40 heavy (non-hydrogen) atoms. The number of allylic oxidation sites excluding steroid dienone is 1. The summed E-state index contributed by atoms with van der Waals surface area (Å²) < 4.78 is 0. The van der Waals surface area contributed by atoms with Crippen LogP contribution in [0.4, 0.5) is 0 Å². The lowest BCUT2D eigenvalue weighted by atomic mass is 9.41. The van der Waals surface area contributed by atoms with Crippen LogP contribution in [0.5, 0.6) is 5.75 Å². The van der Waals surface area contributed by atoms with Crippen molar-refractivity contribution in [3.8, 4) is 17.6 Å². The Bertz CT molecular complexity index is 1430. The number of carbonyl (C=O) groups excluding carboxylic acids is 4. The summed E-state index contributed by atoms with van der Waals surface area (Å²) in [6, 6.07) is 3.19. The van der Waals surface area contributed by atoms with E-state index in [-0.39, 0.29) is 23.7 Å². The maximum absolute atomic E-state index is 14.4. The summed E-state index contributed by atoms with van der Waals surface area (Å²) in [5, 5.41) is 23.0. The third-order valence-corrected chi connectivity index (χ3v) is 10.3. The Morgan fingerprint density at radius 3 is 2.30 bits per heavy atom. The molecule has 2 unspecified atom stereocenters. The molecule has 212 valence electrons. The van der Waals surface area contributed by atoms with Crippen molar-refractivity contribution in [2.45, 2.75) is 92.1 Å². The predicted octanol–water partition coefficient (Wildman–Crippen LogP) is 5.16. The van der Waals surface area contributed by atoms with Crippen molar-refractivity contribution in [2.24, 2.45) is 34.5 Å². The molecule has 0 aliphatic heterocycles. The molecular weight excluding hydrogens is 504 g/mol. The molecule has 4 aliphatic rings. The minimum Gasteiger partial charge on any atom is -0.507 e. The van der Waals surface area contributed by atoms with Gasteiger partial charge in [0, 0.05) is 16.9 Å². The van der Waals surface area contributed by atoms with E-state index in [2.05, 4.69) is 11.8 Å². The van der Waals surface area contributed by atoms with Gasteiger partial charge in [0.15, 0.2) is 23.0 Å². The molecule has 0 spiro atoms. The van der Waals surface area contributed by atoms with E-state index in [1.165, 1.54) is 19.4 Å². The fraction of sp³-hybridized carbons (Fsp3) is 0.588. The predicted molar refractivity (Wildman–Crippen MR) is 151 cm³/mol. The fourth-order valence-corrected chi connectivity index (χ4v) is 8.88. The van der Waals surface area contributed by atoms with Crippen molar-refractivity contribution in [2.75, 3.05) is 0 Å². The zero-order valence-corrected chi connectivity index (χ0v) is 24.4. The lowest BCUT2D eigenvalue weighted by Gasteiger charge is -2.60. The van der Waals surface area contributed by atoms with Gasteiger partial charge < -0.3 is 10.2 Å². The molecule has 0 saturated heterocycles. The standard InChI is InChI=1S/C34H40O6/c1-18(2)27-19(3)25(20(4)35)30(38)34(40)31(39)28-29(37)26-23(16-32(28,5)17-33(27,34)6)22(14-15-24(26)36)13-12-21-10-8-7-9-11-21/h14-15,18,21,25,28,36,40H,7-11,16-17H2,1-6H3/t25?,28?,32-,33-,34+/m0/s1. The van der Waals surface area contributed by atoms with Gasteiger partial charge >= 0.3 is 0 Å². The maximum Gasteiger partial charge on any atom is 0.192 e. The molecule has 4 aliphatic carbocycles. The van der Waals surface area contributed by atoms with Crippen LogP contribution in [-0.4, -0.2) is 38.9 Å².